The molecular formula is C15H24N2O2. The largest absolute Gasteiger partial charge is 0.349 e. The number of aromatic nitrogens is 1. The van der Waals surface area contributed by atoms with E-state index in [1.54, 1.807) is 6.07 Å². The maximum Gasteiger partial charge on any atom is 0.261 e. The van der Waals surface area contributed by atoms with Crippen LogP contribution in [0.4, 0.5) is 0 Å². The van der Waals surface area contributed by atoms with E-state index in [9.17, 15) is 9.59 Å². The fourth-order valence-electron chi connectivity index (χ4n) is 1.85. The van der Waals surface area contributed by atoms with Crippen LogP contribution in [0.15, 0.2) is 10.9 Å². The minimum atomic E-state index is -0.323. The lowest BCUT2D eigenvalue weighted by molar-refractivity contribution is 0.0935. The van der Waals surface area contributed by atoms with Crippen molar-refractivity contribution in [2.45, 2.75) is 53.5 Å². The van der Waals surface area contributed by atoms with Crippen LogP contribution in [0.3, 0.4) is 0 Å². The molecule has 19 heavy (non-hydrogen) atoms. The minimum absolute atomic E-state index is 0.0795. The van der Waals surface area contributed by atoms with Crippen LogP contribution in [0, 0.1) is 19.8 Å². The first-order valence-corrected chi connectivity index (χ1v) is 6.82. The molecule has 0 radical (unpaired) electrons. The minimum Gasteiger partial charge on any atom is -0.349 e. The van der Waals surface area contributed by atoms with Crippen molar-refractivity contribution in [1.29, 1.82) is 0 Å². The van der Waals surface area contributed by atoms with E-state index in [0.29, 0.717) is 5.92 Å². The van der Waals surface area contributed by atoms with E-state index >= 15 is 0 Å². The van der Waals surface area contributed by atoms with Gasteiger partial charge >= 0.3 is 0 Å². The van der Waals surface area contributed by atoms with E-state index in [4.69, 9.17) is 0 Å². The summed E-state index contributed by atoms with van der Waals surface area (Å²) in [5.41, 5.74) is 1.59. The van der Waals surface area contributed by atoms with Crippen LogP contribution in [0.1, 0.15) is 55.2 Å². The molecule has 2 N–H and O–H groups in total. The van der Waals surface area contributed by atoms with Crippen molar-refractivity contribution in [3.05, 3.63) is 33.2 Å². The standard InChI is InChI=1S/C15H24N2O2/c1-9(2)6-7-11(4)16-14(18)13-8-10(3)12(5)17-15(13)19/h8-9,11H,6-7H2,1-5H3,(H,16,18)(H,17,19)/t11-/m1/s1. The van der Waals surface area contributed by atoms with Crippen LogP contribution in [0.25, 0.3) is 0 Å². The van der Waals surface area contributed by atoms with Gasteiger partial charge in [-0.1, -0.05) is 13.8 Å². The van der Waals surface area contributed by atoms with E-state index in [1.165, 1.54) is 0 Å². The van der Waals surface area contributed by atoms with Crippen molar-refractivity contribution in [2.24, 2.45) is 5.92 Å². The normalized spacial score (nSPS) is 12.5. The highest BCUT2D eigenvalue weighted by Gasteiger charge is 2.14. The molecule has 0 aromatic carbocycles. The number of hydrogen-bond donors (Lipinski definition) is 2. The molecular weight excluding hydrogens is 240 g/mol. The summed E-state index contributed by atoms with van der Waals surface area (Å²) in [6.45, 7) is 9.98. The van der Waals surface area contributed by atoms with Gasteiger partial charge in [0.1, 0.15) is 5.56 Å². The van der Waals surface area contributed by atoms with Crippen LogP contribution in [0.5, 0.6) is 0 Å². The van der Waals surface area contributed by atoms with Gasteiger partial charge in [-0.15, -0.1) is 0 Å². The summed E-state index contributed by atoms with van der Waals surface area (Å²) in [6.07, 6.45) is 1.98. The number of carbonyl (C=O) groups is 1. The summed E-state index contributed by atoms with van der Waals surface area (Å²) in [7, 11) is 0. The number of rotatable bonds is 5. The Morgan fingerprint density at radius 1 is 1.26 bits per heavy atom. The van der Waals surface area contributed by atoms with Gasteiger partial charge in [-0.2, -0.15) is 0 Å². The lowest BCUT2D eigenvalue weighted by Crippen LogP contribution is -2.36. The number of aromatic amines is 1. The predicted octanol–water partition coefficient (Wildman–Crippen LogP) is 2.55. The first-order valence-electron chi connectivity index (χ1n) is 6.82. The molecule has 1 aromatic rings. The Morgan fingerprint density at radius 2 is 1.89 bits per heavy atom. The van der Waals surface area contributed by atoms with Gasteiger partial charge in [-0.05, 0) is 51.2 Å². The molecule has 0 saturated carbocycles. The van der Waals surface area contributed by atoms with Gasteiger partial charge in [-0.3, -0.25) is 9.59 Å². The third-order valence-electron chi connectivity index (χ3n) is 3.30. The molecule has 4 nitrogen and oxygen atoms in total. The van der Waals surface area contributed by atoms with E-state index < -0.39 is 0 Å². The van der Waals surface area contributed by atoms with Gasteiger partial charge in [0.05, 0.1) is 0 Å². The molecule has 0 spiro atoms. The fourth-order valence-corrected chi connectivity index (χ4v) is 1.85. The fraction of sp³-hybridized carbons (Fsp3) is 0.600. The summed E-state index contributed by atoms with van der Waals surface area (Å²) in [5, 5.41) is 2.88. The Hall–Kier alpha value is -1.58. The van der Waals surface area contributed by atoms with E-state index in [2.05, 4.69) is 24.1 Å². The highest BCUT2D eigenvalue weighted by atomic mass is 16.2. The number of carbonyl (C=O) groups excluding carboxylic acids is 1. The molecule has 106 valence electrons. The molecule has 0 unspecified atom stereocenters. The van der Waals surface area contributed by atoms with Crippen LogP contribution in [-0.2, 0) is 0 Å². The maximum absolute atomic E-state index is 12.1. The van der Waals surface area contributed by atoms with Crippen molar-refractivity contribution in [2.75, 3.05) is 0 Å². The second-order valence-corrected chi connectivity index (χ2v) is 5.67. The molecule has 1 rings (SSSR count). The number of amides is 1. The SMILES string of the molecule is Cc1cc(C(=O)N[C@H](C)CCC(C)C)c(=O)[nH]c1C. The molecule has 4 heteroatoms. The first-order chi connectivity index (χ1) is 8.81. The lowest BCUT2D eigenvalue weighted by atomic mass is 10.0. The molecule has 1 aromatic heterocycles. The first kappa shape index (κ1) is 15.5. The molecule has 0 saturated heterocycles. The summed E-state index contributed by atoms with van der Waals surface area (Å²) < 4.78 is 0. The zero-order chi connectivity index (χ0) is 14.6. The number of pyridine rings is 1. The number of hydrogen-bond acceptors (Lipinski definition) is 2. The average Bonchev–Trinajstić information content (AvgIpc) is 2.31. The Kier molecular flexibility index (Phi) is 5.33. The van der Waals surface area contributed by atoms with Gasteiger partial charge in [0.2, 0.25) is 0 Å². The van der Waals surface area contributed by atoms with Crippen LogP contribution < -0.4 is 10.9 Å². The highest BCUT2D eigenvalue weighted by Crippen LogP contribution is 2.07. The Labute approximate surface area is 114 Å². The van der Waals surface area contributed by atoms with Gasteiger partial charge in [0.25, 0.3) is 11.5 Å². The van der Waals surface area contributed by atoms with Gasteiger partial charge in [0, 0.05) is 11.7 Å². The monoisotopic (exact) mass is 264 g/mol. The maximum atomic E-state index is 12.1. The molecule has 0 aliphatic carbocycles. The third-order valence-corrected chi connectivity index (χ3v) is 3.30. The zero-order valence-corrected chi connectivity index (χ0v) is 12.5. The second-order valence-electron chi connectivity index (χ2n) is 5.67. The van der Waals surface area contributed by atoms with Crippen molar-refractivity contribution < 1.29 is 4.79 Å². The van der Waals surface area contributed by atoms with E-state index in [-0.39, 0.29) is 23.1 Å². The molecule has 0 fully saturated rings. The van der Waals surface area contributed by atoms with Gasteiger partial charge < -0.3 is 10.3 Å². The van der Waals surface area contributed by atoms with Crippen LogP contribution in [0.2, 0.25) is 0 Å². The Bertz CT molecular complexity index is 503. The Morgan fingerprint density at radius 3 is 2.47 bits per heavy atom. The van der Waals surface area contributed by atoms with Crippen molar-refractivity contribution >= 4 is 5.91 Å². The lowest BCUT2D eigenvalue weighted by Gasteiger charge is -2.15. The molecule has 1 heterocycles. The summed E-state index contributed by atoms with van der Waals surface area (Å²) >= 11 is 0. The quantitative estimate of drug-likeness (QED) is 0.858. The zero-order valence-electron chi connectivity index (χ0n) is 12.5. The molecule has 0 aliphatic heterocycles. The van der Waals surface area contributed by atoms with Gasteiger partial charge in [0.15, 0.2) is 0 Å². The predicted molar refractivity (Wildman–Crippen MR) is 77.5 cm³/mol. The second kappa shape index (κ2) is 6.55. The highest BCUT2D eigenvalue weighted by molar-refractivity contribution is 5.94. The summed E-state index contributed by atoms with van der Waals surface area (Å²) in [5.74, 6) is 0.324. The number of nitrogens with one attached hydrogen (secondary N) is 2. The van der Waals surface area contributed by atoms with Crippen molar-refractivity contribution in [3.8, 4) is 0 Å². The summed E-state index contributed by atoms with van der Waals surface area (Å²) in [4.78, 5) is 26.5. The third kappa shape index (κ3) is 4.54. The molecule has 0 bridgehead atoms. The summed E-state index contributed by atoms with van der Waals surface area (Å²) in [6, 6.07) is 1.73. The number of aryl methyl sites for hydroxylation is 2. The van der Waals surface area contributed by atoms with Crippen molar-refractivity contribution in [3.63, 3.8) is 0 Å². The van der Waals surface area contributed by atoms with Crippen LogP contribution in [-0.4, -0.2) is 16.9 Å². The van der Waals surface area contributed by atoms with Gasteiger partial charge in [-0.25, -0.2) is 0 Å². The van der Waals surface area contributed by atoms with E-state index in [1.807, 2.05) is 20.8 Å². The smallest absolute Gasteiger partial charge is 0.261 e. The number of H-pyrrole nitrogens is 1. The van der Waals surface area contributed by atoms with E-state index in [0.717, 1.165) is 24.1 Å². The topological polar surface area (TPSA) is 62.0 Å². The van der Waals surface area contributed by atoms with Crippen molar-refractivity contribution in [1.82, 2.24) is 10.3 Å². The Balaban J connectivity index is 2.73. The molecule has 1 amide bonds. The molecule has 1 atom stereocenters. The molecule has 0 aliphatic rings. The average molecular weight is 264 g/mol. The van der Waals surface area contributed by atoms with Crippen LogP contribution >= 0.6 is 0 Å².